The molecule has 0 aromatic heterocycles. The summed E-state index contributed by atoms with van der Waals surface area (Å²) in [5.74, 6) is 0.792. The SMILES string of the molecule is C[C@H]1[C@@H](OCCCNCc2ccccc2)O[C@@H]2O[C@]3(C)CC[C@H]4[C@H](C)CC[C@@H]1[C@@]24OO3. The number of ether oxygens (including phenoxy) is 3. The minimum absolute atomic E-state index is 0.234. The van der Waals surface area contributed by atoms with Gasteiger partial charge in [0, 0.05) is 24.8 Å². The maximum atomic E-state index is 6.46. The Morgan fingerprint density at radius 1 is 1.06 bits per heavy atom. The van der Waals surface area contributed by atoms with Gasteiger partial charge in [-0.2, -0.15) is 0 Å². The predicted octanol–water partition coefficient (Wildman–Crippen LogP) is 4.39. The molecule has 1 spiro atoms. The summed E-state index contributed by atoms with van der Waals surface area (Å²) in [6, 6.07) is 10.5. The molecule has 5 aliphatic rings. The molecule has 1 aliphatic carbocycles. The van der Waals surface area contributed by atoms with Gasteiger partial charge in [0.2, 0.25) is 5.79 Å². The molecule has 8 atom stereocenters. The molecule has 4 saturated heterocycles. The zero-order valence-corrected chi connectivity index (χ0v) is 19.0. The maximum Gasteiger partial charge on any atom is 0.201 e. The monoisotopic (exact) mass is 431 g/mol. The van der Waals surface area contributed by atoms with Crippen molar-refractivity contribution in [1.29, 1.82) is 0 Å². The lowest BCUT2D eigenvalue weighted by Crippen LogP contribution is -2.70. The van der Waals surface area contributed by atoms with Crippen molar-refractivity contribution in [2.24, 2.45) is 23.7 Å². The van der Waals surface area contributed by atoms with E-state index in [9.17, 15) is 0 Å². The summed E-state index contributed by atoms with van der Waals surface area (Å²) in [6.45, 7) is 9.01. The van der Waals surface area contributed by atoms with E-state index in [1.165, 1.54) is 12.0 Å². The van der Waals surface area contributed by atoms with Gasteiger partial charge in [-0.15, -0.1) is 0 Å². The molecule has 0 radical (unpaired) electrons. The van der Waals surface area contributed by atoms with Crippen molar-refractivity contribution >= 4 is 0 Å². The highest BCUT2D eigenvalue weighted by atomic mass is 17.3. The lowest BCUT2D eigenvalue weighted by atomic mass is 9.58. The molecule has 1 saturated carbocycles. The molecule has 0 unspecified atom stereocenters. The first-order chi connectivity index (χ1) is 15.0. The molecule has 6 nitrogen and oxygen atoms in total. The number of hydrogen-bond donors (Lipinski definition) is 1. The molecule has 172 valence electrons. The van der Waals surface area contributed by atoms with Gasteiger partial charge in [-0.3, -0.25) is 0 Å². The second-order valence-corrected chi connectivity index (χ2v) is 10.2. The van der Waals surface area contributed by atoms with Crippen molar-refractivity contribution in [3.8, 4) is 0 Å². The van der Waals surface area contributed by atoms with Crippen molar-refractivity contribution in [3.05, 3.63) is 35.9 Å². The van der Waals surface area contributed by atoms with E-state index in [1.807, 2.05) is 13.0 Å². The van der Waals surface area contributed by atoms with E-state index in [2.05, 4.69) is 43.4 Å². The number of benzene rings is 1. The van der Waals surface area contributed by atoms with Crippen LogP contribution in [-0.2, 0) is 30.5 Å². The average Bonchev–Trinajstić information content (AvgIpc) is 3.00. The van der Waals surface area contributed by atoms with Gasteiger partial charge in [0.1, 0.15) is 0 Å². The van der Waals surface area contributed by atoms with Crippen molar-refractivity contribution in [2.75, 3.05) is 13.2 Å². The number of nitrogens with one attached hydrogen (secondary N) is 1. The van der Waals surface area contributed by atoms with Gasteiger partial charge < -0.3 is 19.5 Å². The second kappa shape index (κ2) is 8.73. The molecule has 6 heteroatoms. The van der Waals surface area contributed by atoms with Gasteiger partial charge in [0.15, 0.2) is 18.2 Å². The highest BCUT2D eigenvalue weighted by Gasteiger charge is 2.69. The molecule has 6 rings (SSSR count). The number of hydrogen-bond acceptors (Lipinski definition) is 6. The van der Waals surface area contributed by atoms with Crippen LogP contribution in [0, 0.1) is 23.7 Å². The Morgan fingerprint density at radius 3 is 2.74 bits per heavy atom. The standard InChI is InChI=1S/C25H37NO5/c1-17-10-11-21-18(2)22(27-15-7-14-26-16-19-8-5-4-6-9-19)28-23-25(21)20(17)12-13-24(3,29-23)30-31-25/h4-6,8-9,17-18,20-23,26H,7,10-16H2,1-3H3/t17-,18-,20+,21+,22+,23-,24+,25-/m1/s1. The molecule has 5 fully saturated rings. The van der Waals surface area contributed by atoms with Crippen molar-refractivity contribution < 1.29 is 24.0 Å². The van der Waals surface area contributed by atoms with Gasteiger partial charge in [-0.25, -0.2) is 9.78 Å². The van der Waals surface area contributed by atoms with Crippen LogP contribution in [0.3, 0.4) is 0 Å². The fraction of sp³-hybridized carbons (Fsp3) is 0.760. The van der Waals surface area contributed by atoms with Gasteiger partial charge in [0.25, 0.3) is 0 Å². The summed E-state index contributed by atoms with van der Waals surface area (Å²) >= 11 is 0. The summed E-state index contributed by atoms with van der Waals surface area (Å²) in [4.78, 5) is 12.1. The lowest BCUT2D eigenvalue weighted by Gasteiger charge is -2.60. The van der Waals surface area contributed by atoms with Gasteiger partial charge in [-0.05, 0) is 56.6 Å². The Kier molecular flexibility index (Phi) is 6.14. The maximum absolute atomic E-state index is 6.46. The normalized spacial score (nSPS) is 44.0. The van der Waals surface area contributed by atoms with Crippen molar-refractivity contribution in [2.45, 2.75) is 83.4 Å². The molecule has 1 aromatic rings. The third kappa shape index (κ3) is 3.96. The van der Waals surface area contributed by atoms with Crippen molar-refractivity contribution in [1.82, 2.24) is 5.32 Å². The van der Waals surface area contributed by atoms with Crippen LogP contribution >= 0.6 is 0 Å². The van der Waals surface area contributed by atoms with Crippen LogP contribution in [0.25, 0.3) is 0 Å². The Morgan fingerprint density at radius 2 is 1.90 bits per heavy atom. The van der Waals surface area contributed by atoms with Crippen LogP contribution < -0.4 is 5.32 Å². The van der Waals surface area contributed by atoms with Crippen LogP contribution in [0.4, 0.5) is 0 Å². The molecule has 4 aliphatic heterocycles. The van der Waals surface area contributed by atoms with E-state index in [4.69, 9.17) is 24.0 Å². The largest absolute Gasteiger partial charge is 0.352 e. The van der Waals surface area contributed by atoms with E-state index in [-0.39, 0.29) is 12.2 Å². The predicted molar refractivity (Wildman–Crippen MR) is 116 cm³/mol. The van der Waals surface area contributed by atoms with Crippen LogP contribution in [0.1, 0.15) is 58.4 Å². The first-order valence-corrected chi connectivity index (χ1v) is 12.1. The minimum Gasteiger partial charge on any atom is -0.352 e. The summed E-state index contributed by atoms with van der Waals surface area (Å²) in [6.07, 6.45) is 4.45. The highest BCUT2D eigenvalue weighted by molar-refractivity contribution is 5.14. The molecule has 2 bridgehead atoms. The van der Waals surface area contributed by atoms with Gasteiger partial charge >= 0.3 is 0 Å². The smallest absolute Gasteiger partial charge is 0.201 e. The third-order valence-electron chi connectivity index (χ3n) is 8.05. The molecule has 0 amide bonds. The van der Waals surface area contributed by atoms with E-state index >= 15 is 0 Å². The van der Waals surface area contributed by atoms with E-state index in [0.29, 0.717) is 24.4 Å². The van der Waals surface area contributed by atoms with Crippen LogP contribution in [0.15, 0.2) is 30.3 Å². The Labute approximate surface area is 185 Å². The Bertz CT molecular complexity index is 747. The molecule has 4 heterocycles. The zero-order valence-electron chi connectivity index (χ0n) is 19.0. The summed E-state index contributed by atoms with van der Waals surface area (Å²) < 4.78 is 19.1. The lowest BCUT2D eigenvalue weighted by molar-refractivity contribution is -0.577. The van der Waals surface area contributed by atoms with E-state index in [0.717, 1.165) is 38.8 Å². The summed E-state index contributed by atoms with van der Waals surface area (Å²) in [5.41, 5.74) is 0.791. The molecule has 1 aromatic carbocycles. The zero-order chi connectivity index (χ0) is 21.5. The Balaban J connectivity index is 1.19. The second-order valence-electron chi connectivity index (χ2n) is 10.2. The summed E-state index contributed by atoms with van der Waals surface area (Å²) in [7, 11) is 0. The number of fused-ring (bicyclic) bond motifs is 2. The minimum atomic E-state index is -0.732. The molecular formula is C25H37NO5. The molecular weight excluding hydrogens is 394 g/mol. The van der Waals surface area contributed by atoms with Crippen LogP contribution in [-0.4, -0.2) is 37.1 Å². The average molecular weight is 432 g/mol. The third-order valence-corrected chi connectivity index (χ3v) is 8.05. The fourth-order valence-corrected chi connectivity index (χ4v) is 6.29. The highest BCUT2D eigenvalue weighted by Crippen LogP contribution is 2.60. The number of rotatable bonds is 7. The first kappa shape index (κ1) is 21.8. The Hall–Kier alpha value is -1.02. The van der Waals surface area contributed by atoms with Gasteiger partial charge in [-0.1, -0.05) is 44.2 Å². The fourth-order valence-electron chi connectivity index (χ4n) is 6.29. The van der Waals surface area contributed by atoms with Gasteiger partial charge in [0.05, 0.1) is 6.61 Å². The first-order valence-electron chi connectivity index (χ1n) is 12.1. The van der Waals surface area contributed by atoms with E-state index in [1.54, 1.807) is 0 Å². The summed E-state index contributed by atoms with van der Waals surface area (Å²) in [5, 5.41) is 3.49. The van der Waals surface area contributed by atoms with Crippen LogP contribution in [0.5, 0.6) is 0 Å². The van der Waals surface area contributed by atoms with Crippen LogP contribution in [0.2, 0.25) is 0 Å². The van der Waals surface area contributed by atoms with Crippen molar-refractivity contribution in [3.63, 3.8) is 0 Å². The molecule has 1 N–H and O–H groups in total. The topological polar surface area (TPSA) is 58.2 Å². The van der Waals surface area contributed by atoms with E-state index < -0.39 is 17.7 Å². The quantitative estimate of drug-likeness (QED) is 0.510. The molecule has 31 heavy (non-hydrogen) atoms.